The van der Waals surface area contributed by atoms with E-state index in [2.05, 4.69) is 32.3 Å². The first-order valence-corrected chi connectivity index (χ1v) is 11.1. The van der Waals surface area contributed by atoms with Gasteiger partial charge < -0.3 is 19.2 Å². The van der Waals surface area contributed by atoms with Gasteiger partial charge in [0.15, 0.2) is 0 Å². The van der Waals surface area contributed by atoms with E-state index in [4.69, 9.17) is 13.9 Å². The highest BCUT2D eigenvalue weighted by atomic mass is 79.9. The number of benzene rings is 2. The van der Waals surface area contributed by atoms with E-state index in [0.717, 1.165) is 57.8 Å². The second kappa shape index (κ2) is 10.5. The van der Waals surface area contributed by atoms with Crippen LogP contribution in [0.2, 0.25) is 0 Å². The third-order valence-corrected chi connectivity index (χ3v) is 5.48. The number of nitrogens with zero attached hydrogens (tertiary/aromatic N) is 1. The van der Waals surface area contributed by atoms with Crippen LogP contribution < -0.4 is 14.8 Å². The molecular weight excluding hydrogens is 456 g/mol. The van der Waals surface area contributed by atoms with Crippen molar-refractivity contribution in [3.8, 4) is 11.5 Å². The van der Waals surface area contributed by atoms with E-state index in [1.165, 1.54) is 5.56 Å². The standard InChI is InChI=1S/C25H25BrN2O3/c1-18-24(17-30-21-8-2-7-20(26)14-21)31-23-10-3-9-22(25(18)23)29-13-5-12-28-16-19-6-4-11-27-15-19/h2-4,6-11,14-15,28H,5,12-13,16-17H2,1H3. The van der Waals surface area contributed by atoms with E-state index < -0.39 is 0 Å². The molecule has 0 amide bonds. The van der Waals surface area contributed by atoms with Gasteiger partial charge in [-0.2, -0.15) is 0 Å². The van der Waals surface area contributed by atoms with Crippen molar-refractivity contribution >= 4 is 26.9 Å². The van der Waals surface area contributed by atoms with Gasteiger partial charge in [0.2, 0.25) is 0 Å². The van der Waals surface area contributed by atoms with Crippen LogP contribution in [0.25, 0.3) is 11.0 Å². The van der Waals surface area contributed by atoms with Crippen LogP contribution in [-0.2, 0) is 13.2 Å². The molecule has 1 N–H and O–H groups in total. The van der Waals surface area contributed by atoms with Crippen LogP contribution in [0.4, 0.5) is 0 Å². The largest absolute Gasteiger partial charge is 0.493 e. The van der Waals surface area contributed by atoms with E-state index in [-0.39, 0.29) is 0 Å². The Morgan fingerprint density at radius 3 is 2.81 bits per heavy atom. The van der Waals surface area contributed by atoms with Crippen LogP contribution in [0, 0.1) is 6.92 Å². The maximum Gasteiger partial charge on any atom is 0.146 e. The van der Waals surface area contributed by atoms with E-state index in [1.54, 1.807) is 6.20 Å². The number of aromatic nitrogens is 1. The molecule has 31 heavy (non-hydrogen) atoms. The number of fused-ring (bicyclic) bond motifs is 1. The number of ether oxygens (including phenoxy) is 2. The summed E-state index contributed by atoms with van der Waals surface area (Å²) < 4.78 is 19.0. The summed E-state index contributed by atoms with van der Waals surface area (Å²) in [6.07, 6.45) is 4.57. The molecule has 0 atom stereocenters. The molecule has 0 unspecified atom stereocenters. The predicted molar refractivity (Wildman–Crippen MR) is 125 cm³/mol. The van der Waals surface area contributed by atoms with E-state index >= 15 is 0 Å². The smallest absolute Gasteiger partial charge is 0.146 e. The zero-order chi connectivity index (χ0) is 21.5. The second-order valence-electron chi connectivity index (χ2n) is 7.27. The first-order chi connectivity index (χ1) is 15.2. The van der Waals surface area contributed by atoms with Crippen molar-refractivity contribution in [3.05, 3.63) is 88.4 Å². The Morgan fingerprint density at radius 1 is 1.06 bits per heavy atom. The summed E-state index contributed by atoms with van der Waals surface area (Å²) in [5.74, 6) is 2.45. The molecule has 0 aliphatic heterocycles. The Balaban J connectivity index is 1.33. The lowest BCUT2D eigenvalue weighted by molar-refractivity contribution is 0.273. The molecule has 4 rings (SSSR count). The Kier molecular flexibility index (Phi) is 7.22. The number of halogens is 1. The minimum absolute atomic E-state index is 0.370. The fourth-order valence-corrected chi connectivity index (χ4v) is 3.77. The summed E-state index contributed by atoms with van der Waals surface area (Å²) in [5.41, 5.74) is 3.05. The number of hydrogen-bond acceptors (Lipinski definition) is 5. The molecule has 5 nitrogen and oxygen atoms in total. The minimum atomic E-state index is 0.370. The van der Waals surface area contributed by atoms with Crippen molar-refractivity contribution in [2.24, 2.45) is 0 Å². The van der Waals surface area contributed by atoms with E-state index in [1.807, 2.05) is 61.7 Å². The van der Waals surface area contributed by atoms with E-state index in [0.29, 0.717) is 13.2 Å². The van der Waals surface area contributed by atoms with Crippen LogP contribution in [0.5, 0.6) is 11.5 Å². The first-order valence-electron chi connectivity index (χ1n) is 10.3. The van der Waals surface area contributed by atoms with Gasteiger partial charge in [0, 0.05) is 29.0 Å². The van der Waals surface area contributed by atoms with Crippen molar-refractivity contribution in [2.75, 3.05) is 13.2 Å². The molecule has 4 aromatic rings. The van der Waals surface area contributed by atoms with Crippen molar-refractivity contribution in [3.63, 3.8) is 0 Å². The summed E-state index contributed by atoms with van der Waals surface area (Å²) in [6.45, 7) is 4.74. The molecule has 0 saturated carbocycles. The van der Waals surface area contributed by atoms with Gasteiger partial charge in [-0.25, -0.2) is 0 Å². The van der Waals surface area contributed by atoms with Crippen molar-refractivity contribution < 1.29 is 13.9 Å². The topological polar surface area (TPSA) is 56.5 Å². The molecule has 0 saturated heterocycles. The summed E-state index contributed by atoms with van der Waals surface area (Å²) in [4.78, 5) is 4.13. The minimum Gasteiger partial charge on any atom is -0.493 e. The number of pyridine rings is 1. The van der Waals surface area contributed by atoms with Gasteiger partial charge in [-0.15, -0.1) is 0 Å². The Hall–Kier alpha value is -2.83. The van der Waals surface area contributed by atoms with E-state index in [9.17, 15) is 0 Å². The first kappa shape index (κ1) is 21.4. The average molecular weight is 481 g/mol. The fourth-order valence-electron chi connectivity index (χ4n) is 3.39. The number of hydrogen-bond donors (Lipinski definition) is 1. The lowest BCUT2D eigenvalue weighted by Gasteiger charge is -2.09. The van der Waals surface area contributed by atoms with Gasteiger partial charge in [0.1, 0.15) is 29.4 Å². The Labute approximate surface area is 190 Å². The SMILES string of the molecule is Cc1c(COc2cccc(Br)c2)oc2cccc(OCCCNCc3cccnc3)c12. The van der Waals surface area contributed by atoms with Gasteiger partial charge in [-0.3, -0.25) is 4.98 Å². The molecule has 0 fully saturated rings. The fraction of sp³-hybridized carbons (Fsp3) is 0.240. The summed E-state index contributed by atoms with van der Waals surface area (Å²) >= 11 is 3.46. The lowest BCUT2D eigenvalue weighted by atomic mass is 10.1. The van der Waals surface area contributed by atoms with Crippen LogP contribution in [-0.4, -0.2) is 18.1 Å². The third kappa shape index (κ3) is 5.66. The molecule has 2 heterocycles. The van der Waals surface area contributed by atoms with Crippen molar-refractivity contribution in [1.82, 2.24) is 10.3 Å². The molecule has 0 bridgehead atoms. The second-order valence-corrected chi connectivity index (χ2v) is 8.18. The zero-order valence-electron chi connectivity index (χ0n) is 17.4. The van der Waals surface area contributed by atoms with Gasteiger partial charge in [-0.1, -0.05) is 34.1 Å². The Bertz CT molecular complexity index is 1130. The average Bonchev–Trinajstić information content (AvgIpc) is 3.12. The maximum absolute atomic E-state index is 6.08. The van der Waals surface area contributed by atoms with Gasteiger partial charge in [0.05, 0.1) is 12.0 Å². The quantitative estimate of drug-likeness (QED) is 0.280. The number of nitrogens with one attached hydrogen (secondary N) is 1. The predicted octanol–water partition coefficient (Wildman–Crippen LogP) is 6.04. The van der Waals surface area contributed by atoms with Gasteiger partial charge in [0.25, 0.3) is 0 Å². The summed E-state index contributed by atoms with van der Waals surface area (Å²) in [5, 5.41) is 4.43. The van der Waals surface area contributed by atoms with Gasteiger partial charge >= 0.3 is 0 Å². The monoisotopic (exact) mass is 480 g/mol. The molecule has 0 aliphatic carbocycles. The molecule has 6 heteroatoms. The maximum atomic E-state index is 6.08. The third-order valence-electron chi connectivity index (χ3n) is 4.99. The molecular formula is C25H25BrN2O3. The van der Waals surface area contributed by atoms with Crippen LogP contribution in [0.15, 0.2) is 75.9 Å². The number of furan rings is 1. The lowest BCUT2D eigenvalue weighted by Crippen LogP contribution is -2.17. The Morgan fingerprint density at radius 2 is 1.97 bits per heavy atom. The normalized spacial score (nSPS) is 11.0. The molecule has 2 aromatic heterocycles. The zero-order valence-corrected chi connectivity index (χ0v) is 19.0. The molecule has 160 valence electrons. The van der Waals surface area contributed by atoms with Crippen LogP contribution in [0.1, 0.15) is 23.3 Å². The number of rotatable bonds is 10. The molecule has 2 aromatic carbocycles. The molecule has 0 spiro atoms. The summed E-state index contributed by atoms with van der Waals surface area (Å²) in [6, 6.07) is 17.7. The van der Waals surface area contributed by atoms with Crippen molar-refractivity contribution in [1.29, 1.82) is 0 Å². The molecule has 0 aliphatic rings. The highest BCUT2D eigenvalue weighted by Crippen LogP contribution is 2.34. The van der Waals surface area contributed by atoms with Gasteiger partial charge in [-0.05, 0) is 61.9 Å². The van der Waals surface area contributed by atoms with Crippen LogP contribution in [0.3, 0.4) is 0 Å². The summed E-state index contributed by atoms with van der Waals surface area (Å²) in [7, 11) is 0. The highest BCUT2D eigenvalue weighted by Gasteiger charge is 2.15. The van der Waals surface area contributed by atoms with Crippen LogP contribution >= 0.6 is 15.9 Å². The molecule has 0 radical (unpaired) electrons. The number of aryl methyl sites for hydroxylation is 1. The van der Waals surface area contributed by atoms with Crippen molar-refractivity contribution in [2.45, 2.75) is 26.5 Å². The highest BCUT2D eigenvalue weighted by molar-refractivity contribution is 9.10.